The molecule has 0 fully saturated rings. The first-order valence-electron chi connectivity index (χ1n) is 6.67. The molecule has 1 unspecified atom stereocenters. The van der Waals surface area contributed by atoms with Crippen LogP contribution < -0.4 is 9.47 Å². The normalized spacial score (nSPS) is 17.2. The van der Waals surface area contributed by atoms with Crippen LogP contribution >= 0.6 is 11.8 Å². The Morgan fingerprint density at radius 2 is 1.96 bits per heavy atom. The molecule has 0 saturated heterocycles. The number of rotatable bonds is 4. The van der Waals surface area contributed by atoms with E-state index in [0.29, 0.717) is 23.2 Å². The lowest BCUT2D eigenvalue weighted by molar-refractivity contribution is -0.389. The molecule has 0 spiro atoms. The van der Waals surface area contributed by atoms with Gasteiger partial charge in [0.25, 0.3) is 5.16 Å². The second-order valence-electron chi connectivity index (χ2n) is 4.86. The summed E-state index contributed by atoms with van der Waals surface area (Å²) in [4.78, 5) is 14.0. The number of nitro groups is 1. The van der Waals surface area contributed by atoms with Gasteiger partial charge in [-0.2, -0.15) is 0 Å². The number of hydrogen-bond acceptors (Lipinski definition) is 6. The number of thioether (sulfide) groups is 1. The van der Waals surface area contributed by atoms with E-state index in [9.17, 15) is 23.3 Å². The Morgan fingerprint density at radius 3 is 2.58 bits per heavy atom. The molecule has 0 radical (unpaired) electrons. The van der Waals surface area contributed by atoms with Crippen molar-refractivity contribution in [1.29, 1.82) is 0 Å². The summed E-state index contributed by atoms with van der Waals surface area (Å²) in [6.07, 6.45) is -3.70. The minimum absolute atomic E-state index is 0.230. The zero-order valence-electron chi connectivity index (χ0n) is 11.9. The molecular formula is C13H10F3N3O4S. The minimum atomic E-state index is -4.74. The van der Waals surface area contributed by atoms with E-state index in [0.717, 1.165) is 12.1 Å². The van der Waals surface area contributed by atoms with Crippen molar-refractivity contribution in [3.63, 3.8) is 0 Å². The minimum Gasteiger partial charge on any atom is -0.488 e. The highest BCUT2D eigenvalue weighted by Gasteiger charge is 2.31. The van der Waals surface area contributed by atoms with Gasteiger partial charge in [0.1, 0.15) is 23.8 Å². The SMILES string of the molecule is O=[N+]([O-])c1cn2c(n1)SCC(Oc1ccc(OC(F)(F)F)cc1)C2. The lowest BCUT2D eigenvalue weighted by Gasteiger charge is -2.22. The molecular weight excluding hydrogens is 351 g/mol. The third kappa shape index (κ3) is 3.91. The second-order valence-corrected chi connectivity index (χ2v) is 5.85. The largest absolute Gasteiger partial charge is 0.573 e. The van der Waals surface area contributed by atoms with Crippen LogP contribution in [0.5, 0.6) is 11.5 Å². The van der Waals surface area contributed by atoms with Crippen LogP contribution in [0.3, 0.4) is 0 Å². The standard InChI is InChI=1S/C13H10F3N3O4S/c14-13(15,16)23-9-3-1-8(2-4-9)22-10-5-18-6-11(19(20)21)17-12(18)24-7-10/h1-4,6,10H,5,7H2. The van der Waals surface area contributed by atoms with Gasteiger partial charge in [-0.15, -0.1) is 13.2 Å². The molecule has 1 aromatic carbocycles. The molecule has 1 aliphatic heterocycles. The van der Waals surface area contributed by atoms with Crippen molar-refractivity contribution in [2.45, 2.75) is 24.2 Å². The lowest BCUT2D eigenvalue weighted by atomic mass is 10.3. The Hall–Kier alpha value is -2.43. The number of benzene rings is 1. The summed E-state index contributed by atoms with van der Waals surface area (Å²) in [7, 11) is 0. The first-order valence-corrected chi connectivity index (χ1v) is 7.65. The summed E-state index contributed by atoms with van der Waals surface area (Å²) in [6, 6.07) is 5.06. The van der Waals surface area contributed by atoms with Crippen LogP contribution in [0.4, 0.5) is 19.0 Å². The topological polar surface area (TPSA) is 79.4 Å². The third-order valence-corrected chi connectivity index (χ3v) is 4.20. The third-order valence-electron chi connectivity index (χ3n) is 3.07. The molecule has 7 nitrogen and oxygen atoms in total. The fourth-order valence-corrected chi connectivity index (χ4v) is 3.10. The van der Waals surface area contributed by atoms with Crippen LogP contribution in [-0.4, -0.2) is 32.7 Å². The van der Waals surface area contributed by atoms with Gasteiger partial charge in [0.2, 0.25) is 0 Å². The number of aromatic nitrogens is 2. The van der Waals surface area contributed by atoms with Crippen LogP contribution in [0.1, 0.15) is 0 Å². The van der Waals surface area contributed by atoms with Gasteiger partial charge in [0.15, 0.2) is 0 Å². The summed E-state index contributed by atoms with van der Waals surface area (Å²) >= 11 is 1.31. The van der Waals surface area contributed by atoms with Crippen molar-refractivity contribution < 1.29 is 27.6 Å². The fraction of sp³-hybridized carbons (Fsp3) is 0.308. The highest BCUT2D eigenvalue weighted by atomic mass is 32.2. The molecule has 1 atom stereocenters. The van der Waals surface area contributed by atoms with Crippen LogP contribution in [0, 0.1) is 10.1 Å². The molecule has 0 bridgehead atoms. The summed E-state index contributed by atoms with van der Waals surface area (Å²) in [5.74, 6) is 0.343. The van der Waals surface area contributed by atoms with E-state index in [4.69, 9.17) is 4.74 Å². The molecule has 1 aromatic heterocycles. The zero-order chi connectivity index (χ0) is 17.3. The molecule has 2 aromatic rings. The van der Waals surface area contributed by atoms with Gasteiger partial charge in [0, 0.05) is 5.75 Å². The molecule has 0 aliphatic carbocycles. The number of alkyl halides is 3. The Bertz CT molecular complexity index is 748. The number of halogens is 3. The van der Waals surface area contributed by atoms with Crippen LogP contribution in [0.15, 0.2) is 35.6 Å². The Morgan fingerprint density at radius 1 is 1.29 bits per heavy atom. The number of fused-ring (bicyclic) bond motifs is 1. The summed E-state index contributed by atoms with van der Waals surface area (Å²) in [5.41, 5.74) is 0. The molecule has 2 heterocycles. The van der Waals surface area contributed by atoms with Gasteiger partial charge < -0.3 is 19.6 Å². The summed E-state index contributed by atoms with van der Waals surface area (Å²) in [5, 5.41) is 11.3. The monoisotopic (exact) mass is 361 g/mol. The Kier molecular flexibility index (Phi) is 4.26. The predicted molar refractivity (Wildman–Crippen MR) is 77.1 cm³/mol. The number of imidazole rings is 1. The van der Waals surface area contributed by atoms with Gasteiger partial charge in [-0.1, -0.05) is 11.8 Å². The van der Waals surface area contributed by atoms with Crippen molar-refractivity contribution in [3.05, 3.63) is 40.6 Å². The highest BCUT2D eigenvalue weighted by molar-refractivity contribution is 7.99. The molecule has 3 rings (SSSR count). The van der Waals surface area contributed by atoms with Gasteiger partial charge >= 0.3 is 12.2 Å². The van der Waals surface area contributed by atoms with E-state index < -0.39 is 11.3 Å². The average Bonchev–Trinajstić information content (AvgIpc) is 2.91. The first kappa shape index (κ1) is 16.4. The van der Waals surface area contributed by atoms with E-state index >= 15 is 0 Å². The molecule has 24 heavy (non-hydrogen) atoms. The quantitative estimate of drug-likeness (QED) is 0.614. The average molecular weight is 361 g/mol. The fourth-order valence-electron chi connectivity index (χ4n) is 2.14. The van der Waals surface area contributed by atoms with E-state index in [1.165, 1.54) is 30.1 Å². The van der Waals surface area contributed by atoms with Crippen molar-refractivity contribution in [2.75, 3.05) is 5.75 Å². The maximum atomic E-state index is 12.1. The zero-order valence-corrected chi connectivity index (χ0v) is 12.7. The molecule has 128 valence electrons. The maximum absolute atomic E-state index is 12.1. The van der Waals surface area contributed by atoms with Gasteiger partial charge in [-0.05, 0) is 34.2 Å². The van der Waals surface area contributed by atoms with Crippen LogP contribution in [-0.2, 0) is 6.54 Å². The molecule has 0 amide bonds. The number of ether oxygens (including phenoxy) is 2. The van der Waals surface area contributed by atoms with E-state index in [1.54, 1.807) is 4.57 Å². The van der Waals surface area contributed by atoms with E-state index in [2.05, 4.69) is 9.72 Å². The van der Waals surface area contributed by atoms with Gasteiger partial charge in [0.05, 0.1) is 6.54 Å². The van der Waals surface area contributed by atoms with Gasteiger partial charge in [-0.3, -0.25) is 4.57 Å². The van der Waals surface area contributed by atoms with Crippen LogP contribution in [0.2, 0.25) is 0 Å². The molecule has 1 aliphatic rings. The number of hydrogen-bond donors (Lipinski definition) is 0. The smallest absolute Gasteiger partial charge is 0.488 e. The van der Waals surface area contributed by atoms with E-state index in [-0.39, 0.29) is 17.7 Å². The summed E-state index contributed by atoms with van der Waals surface area (Å²) in [6.45, 7) is 0.365. The first-order chi connectivity index (χ1) is 11.3. The van der Waals surface area contributed by atoms with Crippen LogP contribution in [0.25, 0.3) is 0 Å². The van der Waals surface area contributed by atoms with Crippen molar-refractivity contribution in [3.8, 4) is 11.5 Å². The molecule has 0 saturated carbocycles. The Balaban J connectivity index is 1.63. The predicted octanol–water partition coefficient (Wildman–Crippen LogP) is 3.24. The van der Waals surface area contributed by atoms with Crippen molar-refractivity contribution in [2.24, 2.45) is 0 Å². The second kappa shape index (κ2) is 6.23. The Labute approximate surface area is 137 Å². The molecule has 0 N–H and O–H groups in total. The van der Waals surface area contributed by atoms with Crippen molar-refractivity contribution >= 4 is 17.6 Å². The summed E-state index contributed by atoms with van der Waals surface area (Å²) < 4.78 is 47.4. The highest BCUT2D eigenvalue weighted by Crippen LogP contribution is 2.30. The van der Waals surface area contributed by atoms with Crippen molar-refractivity contribution in [1.82, 2.24) is 9.55 Å². The van der Waals surface area contributed by atoms with Gasteiger partial charge in [-0.25, -0.2) is 0 Å². The lowest BCUT2D eigenvalue weighted by Crippen LogP contribution is -2.29. The maximum Gasteiger partial charge on any atom is 0.573 e. The van der Waals surface area contributed by atoms with E-state index in [1.807, 2.05) is 0 Å². The number of nitrogens with zero attached hydrogens (tertiary/aromatic N) is 3. The molecule has 11 heteroatoms.